The fraction of sp³-hybridized carbons (Fsp3) is 0.280. The third-order valence-electron chi connectivity index (χ3n) is 6.15. The number of benzene rings is 2. The van der Waals surface area contributed by atoms with Gasteiger partial charge in [0, 0.05) is 37.5 Å². The van der Waals surface area contributed by atoms with Crippen molar-refractivity contribution in [1.82, 2.24) is 25.1 Å². The minimum atomic E-state index is -0.667. The Bertz CT molecular complexity index is 1340. The molecule has 3 heterocycles. The molecule has 0 unspecified atom stereocenters. The maximum Gasteiger partial charge on any atom is 0.225 e. The molecule has 174 valence electrons. The number of carbonyl (C=O) groups is 1. The zero-order valence-electron chi connectivity index (χ0n) is 18.7. The van der Waals surface area contributed by atoms with E-state index in [4.69, 9.17) is 0 Å². The normalized spacial score (nSPS) is 16.1. The van der Waals surface area contributed by atoms with Gasteiger partial charge in [0.25, 0.3) is 0 Å². The van der Waals surface area contributed by atoms with Crippen molar-refractivity contribution in [2.45, 2.75) is 26.3 Å². The summed E-state index contributed by atoms with van der Waals surface area (Å²) in [6, 6.07) is 11.4. The van der Waals surface area contributed by atoms with Gasteiger partial charge in [0.15, 0.2) is 5.65 Å². The highest BCUT2D eigenvalue weighted by Crippen LogP contribution is 2.28. The number of nitrogens with one attached hydrogen (secondary N) is 1. The van der Waals surface area contributed by atoms with Gasteiger partial charge in [0.05, 0.1) is 17.0 Å². The number of halogens is 2. The van der Waals surface area contributed by atoms with Gasteiger partial charge in [0.2, 0.25) is 5.91 Å². The first kappa shape index (κ1) is 21.9. The molecule has 1 atom stereocenters. The number of amides is 1. The lowest BCUT2D eigenvalue weighted by Crippen LogP contribution is -2.43. The van der Waals surface area contributed by atoms with E-state index >= 15 is 0 Å². The molecule has 5 rings (SSSR count). The summed E-state index contributed by atoms with van der Waals surface area (Å²) < 4.78 is 28.8. The zero-order valence-corrected chi connectivity index (χ0v) is 18.7. The number of aryl methyl sites for hydroxylation is 1. The van der Waals surface area contributed by atoms with E-state index in [1.54, 1.807) is 4.68 Å². The van der Waals surface area contributed by atoms with Gasteiger partial charge in [-0.2, -0.15) is 0 Å². The van der Waals surface area contributed by atoms with Crippen LogP contribution in [-0.4, -0.2) is 38.7 Å². The molecule has 0 spiro atoms. The van der Waals surface area contributed by atoms with Crippen LogP contribution >= 0.6 is 0 Å². The molecule has 1 aliphatic rings. The zero-order chi connectivity index (χ0) is 23.7. The van der Waals surface area contributed by atoms with E-state index < -0.39 is 11.6 Å². The fourth-order valence-corrected chi connectivity index (χ4v) is 4.28. The van der Waals surface area contributed by atoms with Crippen molar-refractivity contribution >= 4 is 22.8 Å². The van der Waals surface area contributed by atoms with Crippen LogP contribution in [0.2, 0.25) is 0 Å². The standard InChI is InChI=1S/C25H24F2N6O/c1-16-4-8-20(9-5-16)33-14-21-23(31-33)29-15-30-24(21)32-10-2-3-18(13-32)25(34)28-12-17-6-7-19(26)11-22(17)27/h4-9,11,14-15,18H,2-3,10,12-13H2,1H3,(H,28,34)/t18-/m1/s1. The van der Waals surface area contributed by atoms with E-state index in [9.17, 15) is 13.6 Å². The van der Waals surface area contributed by atoms with Gasteiger partial charge in [-0.3, -0.25) is 4.79 Å². The predicted octanol–water partition coefficient (Wildman–Crippen LogP) is 3.93. The van der Waals surface area contributed by atoms with Crippen LogP contribution in [0.3, 0.4) is 0 Å². The van der Waals surface area contributed by atoms with E-state index in [-0.39, 0.29) is 23.9 Å². The number of nitrogens with zero attached hydrogens (tertiary/aromatic N) is 5. The molecule has 0 saturated carbocycles. The highest BCUT2D eigenvalue weighted by Gasteiger charge is 2.28. The van der Waals surface area contributed by atoms with Crippen molar-refractivity contribution in [3.8, 4) is 5.69 Å². The van der Waals surface area contributed by atoms with Gasteiger partial charge in [0.1, 0.15) is 23.8 Å². The molecule has 2 aromatic carbocycles. The number of hydrogen-bond donors (Lipinski definition) is 1. The predicted molar refractivity (Wildman–Crippen MR) is 125 cm³/mol. The first-order valence-corrected chi connectivity index (χ1v) is 11.2. The molecule has 1 amide bonds. The number of carbonyl (C=O) groups excluding carboxylic acids is 1. The van der Waals surface area contributed by atoms with Crippen LogP contribution in [0.25, 0.3) is 16.7 Å². The summed E-state index contributed by atoms with van der Waals surface area (Å²) in [5.74, 6) is -0.995. The third-order valence-corrected chi connectivity index (χ3v) is 6.15. The fourth-order valence-electron chi connectivity index (χ4n) is 4.28. The molecule has 1 aliphatic heterocycles. The highest BCUT2D eigenvalue weighted by atomic mass is 19.1. The Morgan fingerprint density at radius 2 is 1.97 bits per heavy atom. The molecular formula is C25H24F2N6O. The second-order valence-corrected chi connectivity index (χ2v) is 8.58. The monoisotopic (exact) mass is 462 g/mol. The second kappa shape index (κ2) is 9.17. The first-order chi connectivity index (χ1) is 16.5. The molecule has 2 aromatic heterocycles. The van der Waals surface area contributed by atoms with Crippen molar-refractivity contribution < 1.29 is 13.6 Å². The summed E-state index contributed by atoms with van der Waals surface area (Å²) in [6.07, 6.45) is 4.95. The summed E-state index contributed by atoms with van der Waals surface area (Å²) in [7, 11) is 0. The Hall–Kier alpha value is -3.88. The molecule has 1 fully saturated rings. The molecule has 0 radical (unpaired) electrons. The van der Waals surface area contributed by atoms with Crippen molar-refractivity contribution in [3.05, 3.63) is 77.8 Å². The number of aromatic nitrogens is 4. The summed E-state index contributed by atoms with van der Waals surface area (Å²) in [6.45, 7) is 3.30. The third kappa shape index (κ3) is 4.46. The largest absolute Gasteiger partial charge is 0.355 e. The quantitative estimate of drug-likeness (QED) is 0.486. The van der Waals surface area contributed by atoms with Crippen LogP contribution in [0.1, 0.15) is 24.0 Å². The SMILES string of the molecule is Cc1ccc(-n2cc3c(N4CCC[C@@H](C(=O)NCc5ccc(F)cc5F)C4)ncnc3n2)cc1. The lowest BCUT2D eigenvalue weighted by molar-refractivity contribution is -0.125. The van der Waals surface area contributed by atoms with Gasteiger partial charge >= 0.3 is 0 Å². The van der Waals surface area contributed by atoms with E-state index in [0.717, 1.165) is 42.3 Å². The van der Waals surface area contributed by atoms with Crippen LogP contribution in [0, 0.1) is 24.5 Å². The Morgan fingerprint density at radius 3 is 2.76 bits per heavy atom. The van der Waals surface area contributed by atoms with E-state index in [0.29, 0.717) is 12.2 Å². The smallest absolute Gasteiger partial charge is 0.225 e. The lowest BCUT2D eigenvalue weighted by atomic mass is 9.97. The van der Waals surface area contributed by atoms with Crippen molar-refractivity contribution in [1.29, 1.82) is 0 Å². The minimum absolute atomic E-state index is 0.0164. The summed E-state index contributed by atoms with van der Waals surface area (Å²) in [5, 5.41) is 8.21. The molecular weight excluding hydrogens is 438 g/mol. The molecule has 9 heteroatoms. The van der Waals surface area contributed by atoms with Crippen molar-refractivity contribution in [2.75, 3.05) is 18.0 Å². The number of fused-ring (bicyclic) bond motifs is 1. The van der Waals surface area contributed by atoms with Gasteiger partial charge in [-0.15, -0.1) is 5.10 Å². The first-order valence-electron chi connectivity index (χ1n) is 11.2. The maximum atomic E-state index is 13.9. The van der Waals surface area contributed by atoms with E-state index in [1.807, 2.05) is 37.4 Å². The topological polar surface area (TPSA) is 75.9 Å². The Morgan fingerprint density at radius 1 is 1.15 bits per heavy atom. The van der Waals surface area contributed by atoms with Crippen LogP contribution in [0.15, 0.2) is 55.0 Å². The van der Waals surface area contributed by atoms with Gasteiger partial charge in [-0.1, -0.05) is 23.8 Å². The molecule has 4 aromatic rings. The molecule has 1 N–H and O–H groups in total. The molecule has 1 saturated heterocycles. The molecule has 7 nitrogen and oxygen atoms in total. The number of rotatable bonds is 5. The van der Waals surface area contributed by atoms with Crippen molar-refractivity contribution in [3.63, 3.8) is 0 Å². The summed E-state index contributed by atoms with van der Waals surface area (Å²) >= 11 is 0. The van der Waals surface area contributed by atoms with Crippen LogP contribution in [-0.2, 0) is 11.3 Å². The average Bonchev–Trinajstić information content (AvgIpc) is 3.28. The number of piperidine rings is 1. The maximum absolute atomic E-state index is 13.9. The number of anilines is 1. The van der Waals surface area contributed by atoms with Crippen LogP contribution < -0.4 is 10.2 Å². The highest BCUT2D eigenvalue weighted by molar-refractivity contribution is 5.87. The summed E-state index contributed by atoms with van der Waals surface area (Å²) in [5.41, 5.74) is 2.94. The lowest BCUT2D eigenvalue weighted by Gasteiger charge is -2.33. The average molecular weight is 463 g/mol. The van der Waals surface area contributed by atoms with E-state index in [2.05, 4.69) is 25.3 Å². The van der Waals surface area contributed by atoms with Crippen LogP contribution in [0.5, 0.6) is 0 Å². The van der Waals surface area contributed by atoms with Gasteiger partial charge < -0.3 is 10.2 Å². The summed E-state index contributed by atoms with van der Waals surface area (Å²) in [4.78, 5) is 23.7. The molecule has 0 aliphatic carbocycles. The minimum Gasteiger partial charge on any atom is -0.355 e. The van der Waals surface area contributed by atoms with Gasteiger partial charge in [-0.25, -0.2) is 23.4 Å². The number of hydrogen-bond acceptors (Lipinski definition) is 5. The Balaban J connectivity index is 1.32. The molecule has 34 heavy (non-hydrogen) atoms. The van der Waals surface area contributed by atoms with Crippen LogP contribution in [0.4, 0.5) is 14.6 Å². The second-order valence-electron chi connectivity index (χ2n) is 8.58. The Kier molecular flexibility index (Phi) is 5.91. The van der Waals surface area contributed by atoms with E-state index in [1.165, 1.54) is 24.0 Å². The Labute approximate surface area is 195 Å². The molecule has 0 bridgehead atoms. The van der Waals surface area contributed by atoms with Gasteiger partial charge in [-0.05, 0) is 38.0 Å². The van der Waals surface area contributed by atoms with Crippen molar-refractivity contribution in [2.24, 2.45) is 5.92 Å².